The molecular weight excluding hydrogens is 266 g/mol. The number of phenols is 2. The van der Waals surface area contributed by atoms with Crippen molar-refractivity contribution in [1.82, 2.24) is 4.57 Å². The van der Waals surface area contributed by atoms with E-state index in [0.29, 0.717) is 12.4 Å². The molecule has 1 aromatic heterocycles. The van der Waals surface area contributed by atoms with Crippen LogP contribution in [0.25, 0.3) is 10.9 Å². The fourth-order valence-corrected chi connectivity index (χ4v) is 2.47. The smallest absolute Gasteiger partial charge is 0.123 e. The zero-order valence-electron chi connectivity index (χ0n) is 11.8. The Kier molecular flexibility index (Phi) is 3.44. The van der Waals surface area contributed by atoms with E-state index in [2.05, 4.69) is 11.5 Å². The molecule has 2 N–H and O–H groups in total. The first-order valence-corrected chi connectivity index (χ1v) is 6.90. The number of phenolic OH excluding ortho intramolecular Hbond substituents is 2. The lowest BCUT2D eigenvalue weighted by molar-refractivity contribution is 0.305. The van der Waals surface area contributed by atoms with Crippen molar-refractivity contribution in [2.45, 2.75) is 20.1 Å². The fraction of sp³-hybridized carbons (Fsp3) is 0.176. The molecule has 3 rings (SSSR count). The molecule has 0 aliphatic carbocycles. The van der Waals surface area contributed by atoms with E-state index in [0.717, 1.165) is 23.0 Å². The minimum atomic E-state index is 0.188. The molecular formula is C17H17NO3. The summed E-state index contributed by atoms with van der Waals surface area (Å²) in [5.41, 5.74) is 2.04. The van der Waals surface area contributed by atoms with Gasteiger partial charge in [0.25, 0.3) is 0 Å². The summed E-state index contributed by atoms with van der Waals surface area (Å²) in [7, 11) is 0. The second-order valence-corrected chi connectivity index (χ2v) is 4.93. The molecule has 108 valence electrons. The molecule has 0 amide bonds. The summed E-state index contributed by atoms with van der Waals surface area (Å²) in [6.07, 6.45) is 2.03. The maximum absolute atomic E-state index is 9.63. The number of hydrogen-bond donors (Lipinski definition) is 2. The number of aryl methyl sites for hydroxylation is 1. The van der Waals surface area contributed by atoms with E-state index in [-0.39, 0.29) is 11.5 Å². The van der Waals surface area contributed by atoms with Crippen molar-refractivity contribution >= 4 is 10.9 Å². The van der Waals surface area contributed by atoms with Crippen LogP contribution >= 0.6 is 0 Å². The van der Waals surface area contributed by atoms with Gasteiger partial charge in [-0.1, -0.05) is 6.07 Å². The van der Waals surface area contributed by atoms with Crippen molar-refractivity contribution in [2.24, 2.45) is 0 Å². The Labute approximate surface area is 122 Å². The van der Waals surface area contributed by atoms with Gasteiger partial charge in [0.2, 0.25) is 0 Å². The van der Waals surface area contributed by atoms with Gasteiger partial charge in [0, 0.05) is 35.8 Å². The molecule has 2 aromatic carbocycles. The third kappa shape index (κ3) is 2.65. The minimum absolute atomic E-state index is 0.188. The molecule has 4 nitrogen and oxygen atoms in total. The SMILES string of the molecule is CCn1cc(COc2cccc(O)c2)c2ccc(O)cc21. The molecule has 21 heavy (non-hydrogen) atoms. The second-order valence-electron chi connectivity index (χ2n) is 4.93. The summed E-state index contributed by atoms with van der Waals surface area (Å²) in [5.74, 6) is 1.08. The Bertz CT molecular complexity index is 777. The van der Waals surface area contributed by atoms with Crippen LogP contribution in [0.2, 0.25) is 0 Å². The number of hydrogen-bond acceptors (Lipinski definition) is 3. The van der Waals surface area contributed by atoms with Crippen LogP contribution in [0.3, 0.4) is 0 Å². The Hall–Kier alpha value is -2.62. The van der Waals surface area contributed by atoms with Crippen molar-refractivity contribution in [3.8, 4) is 17.2 Å². The highest BCUT2D eigenvalue weighted by molar-refractivity contribution is 5.85. The normalized spacial score (nSPS) is 10.9. The van der Waals surface area contributed by atoms with Gasteiger partial charge in [0.05, 0.1) is 5.52 Å². The van der Waals surface area contributed by atoms with Gasteiger partial charge in [0.1, 0.15) is 23.9 Å². The van der Waals surface area contributed by atoms with Gasteiger partial charge in [-0.25, -0.2) is 0 Å². The fourth-order valence-electron chi connectivity index (χ4n) is 2.47. The summed E-state index contributed by atoms with van der Waals surface area (Å²) in [4.78, 5) is 0. The minimum Gasteiger partial charge on any atom is -0.508 e. The summed E-state index contributed by atoms with van der Waals surface area (Å²) in [5, 5.41) is 20.1. The molecule has 0 radical (unpaired) electrons. The third-order valence-corrected chi connectivity index (χ3v) is 3.50. The predicted octanol–water partition coefficient (Wildman–Crippen LogP) is 3.65. The van der Waals surface area contributed by atoms with E-state index in [4.69, 9.17) is 4.74 Å². The van der Waals surface area contributed by atoms with E-state index >= 15 is 0 Å². The molecule has 0 aliphatic rings. The van der Waals surface area contributed by atoms with E-state index in [1.165, 1.54) is 0 Å². The van der Waals surface area contributed by atoms with Gasteiger partial charge in [-0.3, -0.25) is 0 Å². The zero-order chi connectivity index (χ0) is 14.8. The van der Waals surface area contributed by atoms with Gasteiger partial charge in [-0.05, 0) is 31.2 Å². The number of ether oxygens (including phenoxy) is 1. The van der Waals surface area contributed by atoms with E-state index < -0.39 is 0 Å². The molecule has 3 aromatic rings. The molecule has 0 unspecified atom stereocenters. The monoisotopic (exact) mass is 283 g/mol. The Morgan fingerprint density at radius 1 is 1.05 bits per heavy atom. The van der Waals surface area contributed by atoms with Crippen molar-refractivity contribution in [3.05, 3.63) is 54.2 Å². The molecule has 0 bridgehead atoms. The van der Waals surface area contributed by atoms with Gasteiger partial charge in [-0.2, -0.15) is 0 Å². The first-order chi connectivity index (χ1) is 10.2. The first kappa shape index (κ1) is 13.4. The standard InChI is InChI=1S/C17H17NO3/c1-2-18-10-12(16-7-6-14(20)9-17(16)18)11-21-15-5-3-4-13(19)8-15/h3-10,19-20H,2,11H2,1H3. The summed E-state index contributed by atoms with van der Waals surface area (Å²) in [6, 6.07) is 12.1. The van der Waals surface area contributed by atoms with Gasteiger partial charge in [0.15, 0.2) is 0 Å². The maximum atomic E-state index is 9.63. The quantitative estimate of drug-likeness (QED) is 0.768. The molecule has 0 spiro atoms. The molecule has 0 saturated carbocycles. The van der Waals surface area contributed by atoms with Crippen molar-refractivity contribution in [3.63, 3.8) is 0 Å². The Morgan fingerprint density at radius 3 is 2.62 bits per heavy atom. The van der Waals surface area contributed by atoms with Crippen LogP contribution in [0.4, 0.5) is 0 Å². The number of benzene rings is 2. The zero-order valence-corrected chi connectivity index (χ0v) is 11.8. The third-order valence-electron chi connectivity index (χ3n) is 3.50. The van der Waals surface area contributed by atoms with Gasteiger partial charge < -0.3 is 19.5 Å². The lowest BCUT2D eigenvalue weighted by Gasteiger charge is -2.05. The van der Waals surface area contributed by atoms with Crippen molar-refractivity contribution < 1.29 is 14.9 Å². The predicted molar refractivity (Wildman–Crippen MR) is 81.7 cm³/mol. The van der Waals surface area contributed by atoms with Crippen LogP contribution in [0.15, 0.2) is 48.7 Å². The highest BCUT2D eigenvalue weighted by atomic mass is 16.5. The molecule has 0 saturated heterocycles. The average molecular weight is 283 g/mol. The Morgan fingerprint density at radius 2 is 1.86 bits per heavy atom. The van der Waals surface area contributed by atoms with E-state index in [1.807, 2.05) is 18.3 Å². The van der Waals surface area contributed by atoms with Crippen LogP contribution in [0.1, 0.15) is 12.5 Å². The molecule has 0 atom stereocenters. The van der Waals surface area contributed by atoms with Crippen LogP contribution in [0.5, 0.6) is 17.2 Å². The maximum Gasteiger partial charge on any atom is 0.123 e. The number of fused-ring (bicyclic) bond motifs is 1. The van der Waals surface area contributed by atoms with Gasteiger partial charge in [-0.15, -0.1) is 0 Å². The molecule has 0 fully saturated rings. The Balaban J connectivity index is 1.90. The average Bonchev–Trinajstić information content (AvgIpc) is 2.82. The van der Waals surface area contributed by atoms with Crippen LogP contribution in [-0.4, -0.2) is 14.8 Å². The number of rotatable bonds is 4. The van der Waals surface area contributed by atoms with Crippen LogP contribution < -0.4 is 4.74 Å². The second kappa shape index (κ2) is 5.40. The molecule has 0 aliphatic heterocycles. The highest BCUT2D eigenvalue weighted by Crippen LogP contribution is 2.27. The highest BCUT2D eigenvalue weighted by Gasteiger charge is 2.09. The van der Waals surface area contributed by atoms with Crippen LogP contribution in [-0.2, 0) is 13.2 Å². The van der Waals surface area contributed by atoms with Crippen LogP contribution in [0, 0.1) is 0 Å². The lowest BCUT2D eigenvalue weighted by atomic mass is 10.2. The number of aromatic hydroxyl groups is 2. The number of aromatic nitrogens is 1. The number of nitrogens with zero attached hydrogens (tertiary/aromatic N) is 1. The van der Waals surface area contributed by atoms with Crippen molar-refractivity contribution in [1.29, 1.82) is 0 Å². The molecule has 4 heteroatoms. The summed E-state index contributed by atoms with van der Waals surface area (Å²) in [6.45, 7) is 3.30. The topological polar surface area (TPSA) is 54.6 Å². The van der Waals surface area contributed by atoms with E-state index in [1.54, 1.807) is 30.3 Å². The van der Waals surface area contributed by atoms with Gasteiger partial charge >= 0.3 is 0 Å². The largest absolute Gasteiger partial charge is 0.508 e. The molecule has 1 heterocycles. The first-order valence-electron chi connectivity index (χ1n) is 6.90. The lowest BCUT2D eigenvalue weighted by Crippen LogP contribution is -1.95. The van der Waals surface area contributed by atoms with Crippen molar-refractivity contribution in [2.75, 3.05) is 0 Å². The summed E-state index contributed by atoms with van der Waals surface area (Å²) < 4.78 is 7.81. The van der Waals surface area contributed by atoms with E-state index in [9.17, 15) is 10.2 Å². The summed E-state index contributed by atoms with van der Waals surface area (Å²) >= 11 is 0.